The third-order valence-electron chi connectivity index (χ3n) is 4.04. The minimum absolute atomic E-state index is 0.152. The molecule has 0 heterocycles. The first-order valence-corrected chi connectivity index (χ1v) is 9.98. The molecule has 0 aromatic heterocycles. The third kappa shape index (κ3) is 6.63. The summed E-state index contributed by atoms with van der Waals surface area (Å²) in [5, 5.41) is 3.95. The summed E-state index contributed by atoms with van der Waals surface area (Å²) in [5.41, 5.74) is 4.31. The lowest BCUT2D eigenvalue weighted by Gasteiger charge is -2.08. The van der Waals surface area contributed by atoms with Gasteiger partial charge in [-0.05, 0) is 48.0 Å². The third-order valence-corrected chi connectivity index (χ3v) is 4.76. The van der Waals surface area contributed by atoms with Crippen molar-refractivity contribution in [2.75, 3.05) is 13.7 Å². The number of rotatable bonds is 9. The molecule has 30 heavy (non-hydrogen) atoms. The van der Waals surface area contributed by atoms with Crippen LogP contribution in [-0.4, -0.2) is 25.8 Å². The molecule has 7 heteroatoms. The summed E-state index contributed by atoms with van der Waals surface area (Å²) < 4.78 is 17.2. The van der Waals surface area contributed by atoms with Crippen LogP contribution in [0, 0.1) is 0 Å². The number of ether oxygens (including phenoxy) is 3. The molecule has 0 unspecified atom stereocenters. The highest BCUT2D eigenvalue weighted by molar-refractivity contribution is 9.10. The number of carbonyl (C=O) groups is 1. The molecule has 0 saturated carbocycles. The average molecular weight is 469 g/mol. The van der Waals surface area contributed by atoms with Gasteiger partial charge in [0, 0.05) is 10.0 Å². The Kier molecular flexibility index (Phi) is 7.86. The van der Waals surface area contributed by atoms with Crippen LogP contribution in [0.4, 0.5) is 0 Å². The number of hydrogen-bond acceptors (Lipinski definition) is 5. The van der Waals surface area contributed by atoms with E-state index in [4.69, 9.17) is 14.2 Å². The molecular weight excluding hydrogens is 448 g/mol. The van der Waals surface area contributed by atoms with E-state index in [0.29, 0.717) is 18.1 Å². The standard InChI is InChI=1S/C23H21BrN2O4/c1-28-21-11-12-22(24)18(13-21)14-25-26-23(27)16-30-20-9-7-19(8-10-20)29-15-17-5-3-2-4-6-17/h2-14H,15-16H2,1H3,(H,26,27). The zero-order valence-electron chi connectivity index (χ0n) is 16.4. The Morgan fingerprint density at radius 2 is 1.63 bits per heavy atom. The lowest BCUT2D eigenvalue weighted by molar-refractivity contribution is -0.123. The van der Waals surface area contributed by atoms with Gasteiger partial charge in [0.1, 0.15) is 23.9 Å². The SMILES string of the molecule is COc1ccc(Br)c(C=NNC(=O)COc2ccc(OCc3ccccc3)cc2)c1. The Morgan fingerprint density at radius 1 is 0.967 bits per heavy atom. The molecule has 0 fully saturated rings. The average Bonchev–Trinajstić information content (AvgIpc) is 2.79. The number of nitrogens with one attached hydrogen (secondary N) is 1. The quantitative estimate of drug-likeness (QED) is 0.369. The van der Waals surface area contributed by atoms with Crippen LogP contribution in [0.15, 0.2) is 82.4 Å². The summed E-state index contributed by atoms with van der Waals surface area (Å²) >= 11 is 3.42. The van der Waals surface area contributed by atoms with Gasteiger partial charge in [-0.1, -0.05) is 46.3 Å². The molecule has 154 valence electrons. The second kappa shape index (κ2) is 11.0. The van der Waals surface area contributed by atoms with Crippen molar-refractivity contribution in [2.24, 2.45) is 5.10 Å². The van der Waals surface area contributed by atoms with Gasteiger partial charge in [-0.15, -0.1) is 0 Å². The molecule has 0 aliphatic carbocycles. The fourth-order valence-corrected chi connectivity index (χ4v) is 2.82. The molecule has 0 saturated heterocycles. The normalized spacial score (nSPS) is 10.6. The van der Waals surface area contributed by atoms with Crippen molar-refractivity contribution in [1.29, 1.82) is 0 Å². The van der Waals surface area contributed by atoms with Crippen molar-refractivity contribution in [3.05, 3.63) is 88.4 Å². The molecule has 0 bridgehead atoms. The minimum atomic E-state index is -0.366. The molecule has 1 N–H and O–H groups in total. The highest BCUT2D eigenvalue weighted by Gasteiger charge is 2.04. The predicted octanol–water partition coefficient (Wildman–Crippen LogP) is 4.57. The van der Waals surface area contributed by atoms with E-state index in [2.05, 4.69) is 26.5 Å². The predicted molar refractivity (Wildman–Crippen MR) is 119 cm³/mol. The van der Waals surface area contributed by atoms with Gasteiger partial charge in [0.25, 0.3) is 5.91 Å². The number of halogens is 1. The van der Waals surface area contributed by atoms with Gasteiger partial charge in [0.05, 0.1) is 13.3 Å². The number of hydrogen-bond donors (Lipinski definition) is 1. The van der Waals surface area contributed by atoms with Crippen LogP contribution in [0.2, 0.25) is 0 Å². The van der Waals surface area contributed by atoms with Gasteiger partial charge >= 0.3 is 0 Å². The van der Waals surface area contributed by atoms with Gasteiger partial charge in [-0.2, -0.15) is 5.10 Å². The molecule has 0 radical (unpaired) electrons. The summed E-state index contributed by atoms with van der Waals surface area (Å²) in [7, 11) is 1.59. The monoisotopic (exact) mass is 468 g/mol. The van der Waals surface area contributed by atoms with Gasteiger partial charge in [0.2, 0.25) is 0 Å². The zero-order chi connectivity index (χ0) is 21.2. The second-order valence-electron chi connectivity index (χ2n) is 6.21. The van der Waals surface area contributed by atoms with Crippen molar-refractivity contribution in [1.82, 2.24) is 5.43 Å². The van der Waals surface area contributed by atoms with E-state index in [0.717, 1.165) is 21.3 Å². The van der Waals surface area contributed by atoms with Crippen molar-refractivity contribution < 1.29 is 19.0 Å². The molecule has 0 aliphatic heterocycles. The highest BCUT2D eigenvalue weighted by atomic mass is 79.9. The Bertz CT molecular complexity index is 992. The second-order valence-corrected chi connectivity index (χ2v) is 7.07. The van der Waals surface area contributed by atoms with Crippen LogP contribution in [0.5, 0.6) is 17.2 Å². The van der Waals surface area contributed by atoms with Gasteiger partial charge in [-0.3, -0.25) is 4.79 Å². The summed E-state index contributed by atoms with van der Waals surface area (Å²) in [5.74, 6) is 1.63. The first kappa shape index (κ1) is 21.4. The van der Waals surface area contributed by atoms with Crippen molar-refractivity contribution in [3.63, 3.8) is 0 Å². The lowest BCUT2D eigenvalue weighted by atomic mass is 10.2. The summed E-state index contributed by atoms with van der Waals surface area (Å²) in [6.45, 7) is 0.339. The summed E-state index contributed by atoms with van der Waals surface area (Å²) in [6.07, 6.45) is 1.53. The summed E-state index contributed by atoms with van der Waals surface area (Å²) in [6, 6.07) is 22.5. The number of hydrazone groups is 1. The van der Waals surface area contributed by atoms with Crippen LogP contribution in [-0.2, 0) is 11.4 Å². The van der Waals surface area contributed by atoms with Crippen LogP contribution in [0.3, 0.4) is 0 Å². The number of nitrogens with zero attached hydrogens (tertiary/aromatic N) is 1. The van der Waals surface area contributed by atoms with Crippen LogP contribution in [0.25, 0.3) is 0 Å². The van der Waals surface area contributed by atoms with E-state index >= 15 is 0 Å². The van der Waals surface area contributed by atoms with E-state index in [9.17, 15) is 4.79 Å². The number of methoxy groups -OCH3 is 1. The summed E-state index contributed by atoms with van der Waals surface area (Å²) in [4.78, 5) is 11.9. The lowest BCUT2D eigenvalue weighted by Crippen LogP contribution is -2.24. The van der Waals surface area contributed by atoms with E-state index in [1.54, 1.807) is 37.4 Å². The molecule has 3 aromatic carbocycles. The van der Waals surface area contributed by atoms with Crippen molar-refractivity contribution in [3.8, 4) is 17.2 Å². The number of carbonyl (C=O) groups excluding carboxylic acids is 1. The first-order chi connectivity index (χ1) is 14.6. The fraction of sp³-hybridized carbons (Fsp3) is 0.130. The molecule has 1 amide bonds. The Morgan fingerprint density at radius 3 is 2.33 bits per heavy atom. The molecule has 0 aliphatic rings. The Balaban J connectivity index is 1.43. The maximum Gasteiger partial charge on any atom is 0.277 e. The molecule has 0 atom stereocenters. The molecule has 0 spiro atoms. The molecule has 6 nitrogen and oxygen atoms in total. The Labute approximate surface area is 183 Å². The van der Waals surface area contributed by atoms with E-state index < -0.39 is 0 Å². The minimum Gasteiger partial charge on any atom is -0.497 e. The maximum atomic E-state index is 11.9. The number of amides is 1. The van der Waals surface area contributed by atoms with Gasteiger partial charge in [0.15, 0.2) is 6.61 Å². The Hall–Kier alpha value is -3.32. The zero-order valence-corrected chi connectivity index (χ0v) is 18.0. The molecule has 3 rings (SSSR count). The fourth-order valence-electron chi connectivity index (χ4n) is 2.48. The van der Waals surface area contributed by atoms with E-state index in [-0.39, 0.29) is 12.5 Å². The van der Waals surface area contributed by atoms with Crippen molar-refractivity contribution >= 4 is 28.1 Å². The van der Waals surface area contributed by atoms with Gasteiger partial charge < -0.3 is 14.2 Å². The van der Waals surface area contributed by atoms with E-state index in [1.165, 1.54) is 6.21 Å². The maximum absolute atomic E-state index is 11.9. The first-order valence-electron chi connectivity index (χ1n) is 9.19. The molecule has 3 aromatic rings. The van der Waals surface area contributed by atoms with Crippen LogP contribution < -0.4 is 19.6 Å². The van der Waals surface area contributed by atoms with Crippen molar-refractivity contribution in [2.45, 2.75) is 6.61 Å². The highest BCUT2D eigenvalue weighted by Crippen LogP contribution is 2.21. The largest absolute Gasteiger partial charge is 0.497 e. The smallest absolute Gasteiger partial charge is 0.277 e. The van der Waals surface area contributed by atoms with Gasteiger partial charge in [-0.25, -0.2) is 5.43 Å². The van der Waals surface area contributed by atoms with Crippen LogP contribution >= 0.6 is 15.9 Å². The topological polar surface area (TPSA) is 69.2 Å². The molecular formula is C23H21BrN2O4. The van der Waals surface area contributed by atoms with E-state index in [1.807, 2.05) is 42.5 Å². The van der Waals surface area contributed by atoms with Crippen LogP contribution in [0.1, 0.15) is 11.1 Å². The number of benzene rings is 3.